The summed E-state index contributed by atoms with van der Waals surface area (Å²) in [6, 6.07) is 18.1. The van der Waals surface area contributed by atoms with Crippen LogP contribution in [0.15, 0.2) is 54.6 Å². The van der Waals surface area contributed by atoms with Crippen molar-refractivity contribution in [2.24, 2.45) is 0 Å². The molecule has 0 unspecified atom stereocenters. The van der Waals surface area contributed by atoms with Gasteiger partial charge in [0.15, 0.2) is 0 Å². The highest BCUT2D eigenvalue weighted by atomic mass is 16.2. The number of nitrogens with zero attached hydrogens (tertiary/aromatic N) is 1. The average molecular weight is 338 g/mol. The molecule has 0 saturated heterocycles. The van der Waals surface area contributed by atoms with Crippen molar-refractivity contribution < 1.29 is 9.59 Å². The molecule has 0 aliphatic rings. The smallest absolute Gasteiger partial charge is 0.221 e. The average Bonchev–Trinajstić information content (AvgIpc) is 2.60. The molecule has 0 fully saturated rings. The molecule has 0 atom stereocenters. The molecule has 0 spiro atoms. The maximum atomic E-state index is 12.0. The van der Waals surface area contributed by atoms with Gasteiger partial charge in [-0.2, -0.15) is 0 Å². The lowest BCUT2D eigenvalue weighted by atomic mass is 10.1. The lowest BCUT2D eigenvalue weighted by Crippen LogP contribution is -2.34. The van der Waals surface area contributed by atoms with E-state index in [4.69, 9.17) is 0 Å². The molecular formula is C21H26N2O2. The van der Waals surface area contributed by atoms with Gasteiger partial charge in [0.25, 0.3) is 0 Å². The SMILES string of the molecule is CC(=O)N(CCC(=O)NCCc1ccccc1)Cc1ccccc1C. The molecule has 1 N–H and O–H groups in total. The van der Waals surface area contributed by atoms with E-state index in [0.29, 0.717) is 26.1 Å². The first-order valence-corrected chi connectivity index (χ1v) is 8.67. The third kappa shape index (κ3) is 6.42. The second-order valence-electron chi connectivity index (χ2n) is 6.20. The summed E-state index contributed by atoms with van der Waals surface area (Å²) in [5, 5.41) is 2.92. The van der Waals surface area contributed by atoms with Crippen LogP contribution in [0.3, 0.4) is 0 Å². The first-order valence-electron chi connectivity index (χ1n) is 8.67. The Morgan fingerprint density at radius 1 is 1.00 bits per heavy atom. The standard InChI is InChI=1S/C21H26N2O2/c1-17-8-6-7-11-20(17)16-23(18(2)24)15-13-21(25)22-14-12-19-9-4-3-5-10-19/h3-11H,12-16H2,1-2H3,(H,22,25). The summed E-state index contributed by atoms with van der Waals surface area (Å²) in [6.45, 7) is 5.16. The van der Waals surface area contributed by atoms with E-state index in [0.717, 1.165) is 17.5 Å². The number of carbonyl (C=O) groups excluding carboxylic acids is 2. The minimum Gasteiger partial charge on any atom is -0.356 e. The zero-order valence-electron chi connectivity index (χ0n) is 15.0. The Labute approximate surface area is 149 Å². The van der Waals surface area contributed by atoms with Crippen molar-refractivity contribution >= 4 is 11.8 Å². The number of hydrogen-bond acceptors (Lipinski definition) is 2. The fourth-order valence-electron chi connectivity index (χ4n) is 2.66. The van der Waals surface area contributed by atoms with Crippen molar-refractivity contribution in [3.05, 3.63) is 71.3 Å². The zero-order valence-corrected chi connectivity index (χ0v) is 15.0. The largest absolute Gasteiger partial charge is 0.356 e. The Balaban J connectivity index is 1.77. The van der Waals surface area contributed by atoms with Crippen LogP contribution < -0.4 is 5.32 Å². The van der Waals surface area contributed by atoms with Crippen LogP contribution in [-0.4, -0.2) is 29.8 Å². The molecule has 4 heteroatoms. The van der Waals surface area contributed by atoms with E-state index in [9.17, 15) is 9.59 Å². The van der Waals surface area contributed by atoms with Gasteiger partial charge in [-0.3, -0.25) is 9.59 Å². The fourth-order valence-corrected chi connectivity index (χ4v) is 2.66. The zero-order chi connectivity index (χ0) is 18.1. The molecule has 0 saturated carbocycles. The molecule has 0 aliphatic carbocycles. The maximum absolute atomic E-state index is 12.0. The van der Waals surface area contributed by atoms with Crippen LogP contribution >= 0.6 is 0 Å². The summed E-state index contributed by atoms with van der Waals surface area (Å²) in [7, 11) is 0. The molecule has 0 radical (unpaired) electrons. The number of carbonyl (C=O) groups is 2. The summed E-state index contributed by atoms with van der Waals surface area (Å²) < 4.78 is 0. The molecule has 25 heavy (non-hydrogen) atoms. The lowest BCUT2D eigenvalue weighted by molar-refractivity contribution is -0.130. The summed E-state index contributed by atoms with van der Waals surface area (Å²) in [4.78, 5) is 25.6. The predicted molar refractivity (Wildman–Crippen MR) is 100 cm³/mol. The molecule has 2 aromatic carbocycles. The molecule has 2 rings (SSSR count). The van der Waals surface area contributed by atoms with Gasteiger partial charge in [-0.05, 0) is 30.0 Å². The molecule has 0 aliphatic heterocycles. The molecule has 2 aromatic rings. The van der Waals surface area contributed by atoms with Crippen LogP contribution in [0.4, 0.5) is 0 Å². The van der Waals surface area contributed by atoms with Crippen LogP contribution in [0.25, 0.3) is 0 Å². The van der Waals surface area contributed by atoms with Crippen molar-refractivity contribution in [1.82, 2.24) is 10.2 Å². The van der Waals surface area contributed by atoms with E-state index in [1.807, 2.05) is 61.5 Å². The predicted octanol–water partition coefficient (Wildman–Crippen LogP) is 3.09. The molecule has 2 amide bonds. The van der Waals surface area contributed by atoms with Crippen LogP contribution in [0, 0.1) is 6.92 Å². The minimum absolute atomic E-state index is 0.0136. The van der Waals surface area contributed by atoms with Crippen LogP contribution in [0.1, 0.15) is 30.0 Å². The molecule has 132 valence electrons. The summed E-state index contributed by atoms with van der Waals surface area (Å²) in [6.07, 6.45) is 1.13. The monoisotopic (exact) mass is 338 g/mol. The Bertz CT molecular complexity index is 698. The van der Waals surface area contributed by atoms with Crippen LogP contribution in [0.2, 0.25) is 0 Å². The normalized spacial score (nSPS) is 10.3. The first-order chi connectivity index (χ1) is 12.1. The highest BCUT2D eigenvalue weighted by Crippen LogP contribution is 2.11. The Kier molecular flexibility index (Phi) is 7.20. The van der Waals surface area contributed by atoms with Gasteiger partial charge in [0.1, 0.15) is 0 Å². The fraction of sp³-hybridized carbons (Fsp3) is 0.333. The number of amides is 2. The highest BCUT2D eigenvalue weighted by Gasteiger charge is 2.12. The molecule has 0 bridgehead atoms. The second kappa shape index (κ2) is 9.62. The van der Waals surface area contributed by atoms with Crippen molar-refractivity contribution in [2.45, 2.75) is 33.2 Å². The highest BCUT2D eigenvalue weighted by molar-refractivity contribution is 5.78. The topological polar surface area (TPSA) is 49.4 Å². The Hall–Kier alpha value is -2.62. The lowest BCUT2D eigenvalue weighted by Gasteiger charge is -2.22. The summed E-state index contributed by atoms with van der Waals surface area (Å²) in [5.41, 5.74) is 3.47. The van der Waals surface area contributed by atoms with Gasteiger partial charge < -0.3 is 10.2 Å². The third-order valence-corrected chi connectivity index (χ3v) is 4.26. The summed E-state index contributed by atoms with van der Waals surface area (Å²) in [5.74, 6) is -0.0349. The number of benzene rings is 2. The third-order valence-electron chi connectivity index (χ3n) is 4.26. The van der Waals surface area contributed by atoms with E-state index in [2.05, 4.69) is 5.32 Å². The van der Waals surface area contributed by atoms with Gasteiger partial charge in [-0.15, -0.1) is 0 Å². The summed E-state index contributed by atoms with van der Waals surface area (Å²) >= 11 is 0. The van der Waals surface area contributed by atoms with E-state index < -0.39 is 0 Å². The molecule has 0 heterocycles. The number of nitrogens with one attached hydrogen (secondary N) is 1. The van der Waals surface area contributed by atoms with Crippen LogP contribution in [0.5, 0.6) is 0 Å². The molecule has 4 nitrogen and oxygen atoms in total. The second-order valence-corrected chi connectivity index (χ2v) is 6.20. The van der Waals surface area contributed by atoms with Crippen molar-refractivity contribution in [1.29, 1.82) is 0 Å². The van der Waals surface area contributed by atoms with Gasteiger partial charge >= 0.3 is 0 Å². The van der Waals surface area contributed by atoms with E-state index in [-0.39, 0.29) is 11.8 Å². The number of hydrogen-bond donors (Lipinski definition) is 1. The minimum atomic E-state index is -0.0213. The van der Waals surface area contributed by atoms with Gasteiger partial charge in [-0.25, -0.2) is 0 Å². The van der Waals surface area contributed by atoms with E-state index >= 15 is 0 Å². The quantitative estimate of drug-likeness (QED) is 0.804. The molecule has 0 aromatic heterocycles. The Morgan fingerprint density at radius 3 is 2.36 bits per heavy atom. The number of rotatable bonds is 8. The van der Waals surface area contributed by atoms with Gasteiger partial charge in [0.2, 0.25) is 11.8 Å². The van der Waals surface area contributed by atoms with E-state index in [1.165, 1.54) is 5.56 Å². The van der Waals surface area contributed by atoms with Gasteiger partial charge in [0, 0.05) is 33.0 Å². The van der Waals surface area contributed by atoms with Crippen molar-refractivity contribution in [3.63, 3.8) is 0 Å². The van der Waals surface area contributed by atoms with Crippen molar-refractivity contribution in [3.8, 4) is 0 Å². The van der Waals surface area contributed by atoms with Crippen molar-refractivity contribution in [2.75, 3.05) is 13.1 Å². The van der Waals surface area contributed by atoms with Gasteiger partial charge in [-0.1, -0.05) is 54.6 Å². The molecular weight excluding hydrogens is 312 g/mol. The maximum Gasteiger partial charge on any atom is 0.221 e. The first kappa shape index (κ1) is 18.7. The number of aryl methyl sites for hydroxylation is 1. The van der Waals surface area contributed by atoms with E-state index in [1.54, 1.807) is 11.8 Å². The van der Waals surface area contributed by atoms with Gasteiger partial charge in [0.05, 0.1) is 0 Å². The van der Waals surface area contributed by atoms with Crippen LogP contribution in [-0.2, 0) is 22.6 Å². The Morgan fingerprint density at radius 2 is 1.68 bits per heavy atom.